The molecule has 6 nitrogen and oxygen atoms in total. The second-order valence-corrected chi connectivity index (χ2v) is 8.90. The maximum Gasteiger partial charge on any atom is 0.193 e. The van der Waals surface area contributed by atoms with Crippen LogP contribution in [-0.2, 0) is 23.7 Å². The fourth-order valence-electron chi connectivity index (χ4n) is 4.32. The van der Waals surface area contributed by atoms with Crippen molar-refractivity contribution < 1.29 is 4.74 Å². The summed E-state index contributed by atoms with van der Waals surface area (Å²) in [5.41, 5.74) is 3.49. The molecular formula is C23H34ClN5O. The summed E-state index contributed by atoms with van der Waals surface area (Å²) in [6.07, 6.45) is 3.97. The number of hydrogen-bond donors (Lipinski definition) is 1. The average Bonchev–Trinajstić information content (AvgIpc) is 3.10. The molecule has 7 heteroatoms. The molecule has 0 amide bonds. The number of ether oxygens (including phenoxy) is 1. The summed E-state index contributed by atoms with van der Waals surface area (Å²) >= 11 is 6.60. The third kappa shape index (κ3) is 4.98. The number of halogens is 1. The molecule has 30 heavy (non-hydrogen) atoms. The van der Waals surface area contributed by atoms with Crippen LogP contribution in [0.2, 0.25) is 5.02 Å². The van der Waals surface area contributed by atoms with E-state index in [0.717, 1.165) is 55.8 Å². The number of hydrogen-bond acceptors (Lipinski definition) is 3. The number of aromatic nitrogens is 2. The van der Waals surface area contributed by atoms with Gasteiger partial charge in [-0.15, -0.1) is 0 Å². The standard InChI is InChI=1S/C23H34ClN5O/c1-17(2)21-18(15-29(5)27-21)14-28(4)22(25-3)26-16-23(10-12-30-13-11-23)19-8-6-7-9-20(19)24/h6-9,15,17H,10-14,16H2,1-5H3,(H,25,26). The van der Waals surface area contributed by atoms with Crippen molar-refractivity contribution in [3.63, 3.8) is 0 Å². The molecule has 3 rings (SSSR count). The van der Waals surface area contributed by atoms with E-state index in [-0.39, 0.29) is 5.41 Å². The van der Waals surface area contributed by atoms with Crippen LogP contribution in [0.15, 0.2) is 35.5 Å². The van der Waals surface area contributed by atoms with Gasteiger partial charge in [0.2, 0.25) is 0 Å². The number of rotatable bonds is 6. The minimum absolute atomic E-state index is 0.0647. The Hall–Kier alpha value is -2.05. The SMILES string of the molecule is CN=C(NCC1(c2ccccc2Cl)CCOCC1)N(C)Cc1cn(C)nc1C(C)C. The molecule has 1 aromatic heterocycles. The summed E-state index contributed by atoms with van der Waals surface area (Å²) in [4.78, 5) is 6.69. The molecule has 164 valence electrons. The second-order valence-electron chi connectivity index (χ2n) is 8.50. The minimum atomic E-state index is -0.0647. The molecule has 2 heterocycles. The van der Waals surface area contributed by atoms with Crippen molar-refractivity contribution in [3.05, 3.63) is 52.3 Å². The zero-order valence-corrected chi connectivity index (χ0v) is 19.5. The lowest BCUT2D eigenvalue weighted by Gasteiger charge is -2.39. The highest BCUT2D eigenvalue weighted by molar-refractivity contribution is 6.31. The zero-order chi connectivity index (χ0) is 21.7. The van der Waals surface area contributed by atoms with Gasteiger partial charge in [-0.1, -0.05) is 43.6 Å². The van der Waals surface area contributed by atoms with Gasteiger partial charge in [0, 0.05) is 69.6 Å². The van der Waals surface area contributed by atoms with Crippen molar-refractivity contribution in [2.45, 2.75) is 44.6 Å². The molecule has 1 N–H and O–H groups in total. The van der Waals surface area contributed by atoms with E-state index in [0.29, 0.717) is 5.92 Å². The van der Waals surface area contributed by atoms with Gasteiger partial charge in [0.1, 0.15) is 0 Å². The van der Waals surface area contributed by atoms with Gasteiger partial charge in [-0.25, -0.2) is 0 Å². The summed E-state index contributed by atoms with van der Waals surface area (Å²) in [5.74, 6) is 1.25. The molecular weight excluding hydrogens is 398 g/mol. The second kappa shape index (κ2) is 9.84. The molecule has 0 atom stereocenters. The molecule has 0 radical (unpaired) electrons. The van der Waals surface area contributed by atoms with Crippen LogP contribution in [0.1, 0.15) is 49.4 Å². The molecule has 1 fully saturated rings. The molecule has 1 saturated heterocycles. The van der Waals surface area contributed by atoms with Crippen LogP contribution in [0.4, 0.5) is 0 Å². The first-order valence-electron chi connectivity index (χ1n) is 10.6. The molecule has 1 aromatic carbocycles. The van der Waals surface area contributed by atoms with E-state index < -0.39 is 0 Å². The van der Waals surface area contributed by atoms with Crippen LogP contribution in [0.25, 0.3) is 0 Å². The average molecular weight is 432 g/mol. The van der Waals surface area contributed by atoms with E-state index in [1.807, 2.05) is 30.9 Å². The summed E-state index contributed by atoms with van der Waals surface area (Å²) in [6, 6.07) is 8.17. The van der Waals surface area contributed by atoms with Crippen molar-refractivity contribution in [1.82, 2.24) is 20.0 Å². The Kier molecular flexibility index (Phi) is 7.42. The molecule has 0 bridgehead atoms. The van der Waals surface area contributed by atoms with Crippen molar-refractivity contribution in [2.24, 2.45) is 12.0 Å². The first-order chi connectivity index (χ1) is 14.4. The smallest absolute Gasteiger partial charge is 0.193 e. The maximum absolute atomic E-state index is 6.60. The summed E-state index contributed by atoms with van der Waals surface area (Å²) < 4.78 is 7.55. The number of nitrogens with zero attached hydrogens (tertiary/aromatic N) is 4. The Labute approximate surface area is 185 Å². The fourth-order valence-corrected chi connectivity index (χ4v) is 4.66. The minimum Gasteiger partial charge on any atom is -0.381 e. The van der Waals surface area contributed by atoms with E-state index in [9.17, 15) is 0 Å². The Morgan fingerprint density at radius 1 is 1.33 bits per heavy atom. The summed E-state index contributed by atoms with van der Waals surface area (Å²) in [5, 5.41) is 9.07. The summed E-state index contributed by atoms with van der Waals surface area (Å²) in [6.45, 7) is 7.36. The number of aryl methyl sites for hydroxylation is 1. The largest absolute Gasteiger partial charge is 0.381 e. The van der Waals surface area contributed by atoms with E-state index in [2.05, 4.69) is 59.5 Å². The fraction of sp³-hybridized carbons (Fsp3) is 0.565. The van der Waals surface area contributed by atoms with Crippen molar-refractivity contribution in [1.29, 1.82) is 0 Å². The number of benzene rings is 1. The van der Waals surface area contributed by atoms with Crippen molar-refractivity contribution in [3.8, 4) is 0 Å². The predicted molar refractivity (Wildman–Crippen MR) is 123 cm³/mol. The highest BCUT2D eigenvalue weighted by Crippen LogP contribution is 2.38. The molecule has 0 spiro atoms. The van der Waals surface area contributed by atoms with Crippen LogP contribution in [0.3, 0.4) is 0 Å². The van der Waals surface area contributed by atoms with Crippen molar-refractivity contribution in [2.75, 3.05) is 33.9 Å². The van der Waals surface area contributed by atoms with Gasteiger partial charge >= 0.3 is 0 Å². The quantitative estimate of drug-likeness (QED) is 0.555. The first kappa shape index (κ1) is 22.6. The lowest BCUT2D eigenvalue weighted by Crippen LogP contribution is -2.48. The highest BCUT2D eigenvalue weighted by Gasteiger charge is 2.36. The van der Waals surface area contributed by atoms with Crippen LogP contribution < -0.4 is 5.32 Å². The van der Waals surface area contributed by atoms with Crippen LogP contribution in [-0.4, -0.2) is 54.5 Å². The lowest BCUT2D eigenvalue weighted by molar-refractivity contribution is 0.0512. The number of nitrogens with one attached hydrogen (secondary N) is 1. The molecule has 0 saturated carbocycles. The Morgan fingerprint density at radius 2 is 2.03 bits per heavy atom. The zero-order valence-electron chi connectivity index (χ0n) is 18.8. The third-order valence-electron chi connectivity index (χ3n) is 5.94. The van der Waals surface area contributed by atoms with E-state index >= 15 is 0 Å². The van der Waals surface area contributed by atoms with Crippen LogP contribution in [0.5, 0.6) is 0 Å². The Bertz CT molecular complexity index is 870. The topological polar surface area (TPSA) is 54.7 Å². The van der Waals surface area contributed by atoms with Gasteiger partial charge in [-0.3, -0.25) is 9.67 Å². The maximum atomic E-state index is 6.60. The van der Waals surface area contributed by atoms with Gasteiger partial charge in [-0.05, 0) is 30.4 Å². The van der Waals surface area contributed by atoms with E-state index in [4.69, 9.17) is 16.3 Å². The van der Waals surface area contributed by atoms with Gasteiger partial charge < -0.3 is 15.0 Å². The van der Waals surface area contributed by atoms with E-state index in [1.54, 1.807) is 0 Å². The van der Waals surface area contributed by atoms with Crippen LogP contribution in [0, 0.1) is 0 Å². The Morgan fingerprint density at radius 3 is 2.67 bits per heavy atom. The summed E-state index contributed by atoms with van der Waals surface area (Å²) in [7, 11) is 5.87. The number of aliphatic imine (C=N–C) groups is 1. The van der Waals surface area contributed by atoms with Gasteiger partial charge in [0.25, 0.3) is 0 Å². The molecule has 1 aliphatic rings. The number of guanidine groups is 1. The van der Waals surface area contributed by atoms with Gasteiger partial charge in [-0.2, -0.15) is 5.10 Å². The molecule has 2 aromatic rings. The lowest BCUT2D eigenvalue weighted by atomic mass is 9.74. The van der Waals surface area contributed by atoms with E-state index in [1.165, 1.54) is 11.1 Å². The van der Waals surface area contributed by atoms with Gasteiger partial charge in [0.15, 0.2) is 5.96 Å². The van der Waals surface area contributed by atoms with Crippen molar-refractivity contribution >= 4 is 17.6 Å². The van der Waals surface area contributed by atoms with Crippen LogP contribution >= 0.6 is 11.6 Å². The first-order valence-corrected chi connectivity index (χ1v) is 11.0. The van der Waals surface area contributed by atoms with Gasteiger partial charge in [0.05, 0.1) is 5.69 Å². The molecule has 1 aliphatic heterocycles. The predicted octanol–water partition coefficient (Wildman–Crippen LogP) is 3.95. The normalized spacial score (nSPS) is 16.7. The highest BCUT2D eigenvalue weighted by atomic mass is 35.5. The monoisotopic (exact) mass is 431 g/mol. The third-order valence-corrected chi connectivity index (χ3v) is 6.27. The Balaban J connectivity index is 1.75. The molecule has 0 unspecified atom stereocenters. The molecule has 0 aliphatic carbocycles.